The van der Waals surface area contributed by atoms with Crippen LogP contribution in [0.2, 0.25) is 0 Å². The van der Waals surface area contributed by atoms with Crippen molar-refractivity contribution in [3.05, 3.63) is 41.5 Å². The number of sulfonamides is 1. The van der Waals surface area contributed by atoms with Crippen molar-refractivity contribution in [3.8, 4) is 0 Å². The van der Waals surface area contributed by atoms with Gasteiger partial charge in [-0.05, 0) is 38.5 Å². The SMILES string of the molecule is Cc1noc(C)c1S(=O)(=O)N(C)C(C)c1ccncc1. The molecule has 1 unspecified atom stereocenters. The van der Waals surface area contributed by atoms with Crippen LogP contribution in [0.25, 0.3) is 0 Å². The maximum Gasteiger partial charge on any atom is 0.248 e. The standard InChI is InChI=1S/C13H17N3O3S/c1-9-13(11(3)19-15-9)20(17,18)16(4)10(2)12-5-7-14-8-6-12/h5-8,10H,1-4H3. The molecule has 2 rings (SSSR count). The van der Waals surface area contributed by atoms with Gasteiger partial charge in [0.2, 0.25) is 10.0 Å². The lowest BCUT2D eigenvalue weighted by Gasteiger charge is -2.24. The molecule has 7 heteroatoms. The topological polar surface area (TPSA) is 76.3 Å². The first kappa shape index (κ1) is 14.7. The number of rotatable bonds is 4. The Balaban J connectivity index is 2.40. The third-order valence-corrected chi connectivity index (χ3v) is 5.51. The summed E-state index contributed by atoms with van der Waals surface area (Å²) in [6.07, 6.45) is 3.28. The molecular formula is C13H17N3O3S. The van der Waals surface area contributed by atoms with E-state index in [1.54, 1.807) is 45.4 Å². The number of nitrogens with zero attached hydrogens (tertiary/aromatic N) is 3. The lowest BCUT2D eigenvalue weighted by Crippen LogP contribution is -2.30. The fourth-order valence-electron chi connectivity index (χ4n) is 2.05. The van der Waals surface area contributed by atoms with E-state index in [0.717, 1.165) is 5.56 Å². The van der Waals surface area contributed by atoms with Gasteiger partial charge in [0, 0.05) is 25.5 Å². The van der Waals surface area contributed by atoms with Crippen LogP contribution in [0.4, 0.5) is 0 Å². The number of pyridine rings is 1. The van der Waals surface area contributed by atoms with Gasteiger partial charge in [-0.25, -0.2) is 8.42 Å². The molecule has 0 radical (unpaired) electrons. The summed E-state index contributed by atoms with van der Waals surface area (Å²) in [4.78, 5) is 4.07. The van der Waals surface area contributed by atoms with E-state index in [-0.39, 0.29) is 10.9 Å². The smallest absolute Gasteiger partial charge is 0.248 e. The summed E-state index contributed by atoms with van der Waals surface area (Å²) >= 11 is 0. The second kappa shape index (κ2) is 5.34. The molecular weight excluding hydrogens is 278 g/mol. The van der Waals surface area contributed by atoms with Crippen LogP contribution in [0.15, 0.2) is 33.9 Å². The molecule has 0 saturated heterocycles. The van der Waals surface area contributed by atoms with Gasteiger partial charge in [0.15, 0.2) is 5.76 Å². The van der Waals surface area contributed by atoms with Crippen molar-refractivity contribution in [1.82, 2.24) is 14.4 Å². The second-order valence-corrected chi connectivity index (χ2v) is 6.57. The third kappa shape index (κ3) is 2.46. The first-order chi connectivity index (χ1) is 9.35. The summed E-state index contributed by atoms with van der Waals surface area (Å²) in [6, 6.07) is 3.28. The van der Waals surface area contributed by atoms with Gasteiger partial charge in [-0.2, -0.15) is 4.31 Å². The van der Waals surface area contributed by atoms with Crippen LogP contribution < -0.4 is 0 Å². The lowest BCUT2D eigenvalue weighted by molar-refractivity contribution is 0.384. The van der Waals surface area contributed by atoms with E-state index in [1.165, 1.54) is 4.31 Å². The highest BCUT2D eigenvalue weighted by Crippen LogP contribution is 2.28. The number of hydrogen-bond acceptors (Lipinski definition) is 5. The van der Waals surface area contributed by atoms with Crippen LogP contribution in [0.5, 0.6) is 0 Å². The van der Waals surface area contributed by atoms with Crippen molar-refractivity contribution in [2.24, 2.45) is 0 Å². The zero-order chi connectivity index (χ0) is 14.9. The fourth-order valence-corrected chi connectivity index (χ4v) is 3.68. The first-order valence-corrected chi connectivity index (χ1v) is 7.60. The number of aromatic nitrogens is 2. The summed E-state index contributed by atoms with van der Waals surface area (Å²) in [5.74, 6) is 0.302. The Kier molecular flexibility index (Phi) is 3.92. The Labute approximate surface area is 118 Å². The molecule has 0 aliphatic heterocycles. The molecule has 2 aromatic rings. The Morgan fingerprint density at radius 3 is 2.35 bits per heavy atom. The third-order valence-electron chi connectivity index (χ3n) is 3.34. The minimum absolute atomic E-state index is 0.140. The Morgan fingerprint density at radius 2 is 1.85 bits per heavy atom. The van der Waals surface area contributed by atoms with Gasteiger partial charge in [-0.3, -0.25) is 4.98 Å². The molecule has 0 spiro atoms. The van der Waals surface area contributed by atoms with Crippen LogP contribution >= 0.6 is 0 Å². The van der Waals surface area contributed by atoms with Crippen LogP contribution in [-0.2, 0) is 10.0 Å². The summed E-state index contributed by atoms with van der Waals surface area (Å²) in [5, 5.41) is 3.71. The van der Waals surface area contributed by atoms with Crippen molar-refractivity contribution in [3.63, 3.8) is 0 Å². The number of aryl methyl sites for hydroxylation is 2. The molecule has 0 aliphatic carbocycles. The van der Waals surface area contributed by atoms with Crippen LogP contribution in [0, 0.1) is 13.8 Å². The highest BCUT2D eigenvalue weighted by Gasteiger charge is 2.31. The van der Waals surface area contributed by atoms with Gasteiger partial charge in [0.25, 0.3) is 0 Å². The van der Waals surface area contributed by atoms with Crippen molar-refractivity contribution in [1.29, 1.82) is 0 Å². The molecule has 1 atom stereocenters. The molecule has 0 aromatic carbocycles. The predicted octanol–water partition coefficient (Wildman–Crippen LogP) is 2.07. The highest BCUT2D eigenvalue weighted by atomic mass is 32.2. The normalized spacial score (nSPS) is 13.7. The van der Waals surface area contributed by atoms with E-state index in [0.29, 0.717) is 11.5 Å². The largest absolute Gasteiger partial charge is 0.360 e. The minimum Gasteiger partial charge on any atom is -0.360 e. The molecule has 108 valence electrons. The summed E-state index contributed by atoms with van der Waals surface area (Å²) < 4.78 is 31.6. The van der Waals surface area contributed by atoms with Crippen LogP contribution in [0.1, 0.15) is 30.0 Å². The molecule has 0 fully saturated rings. The monoisotopic (exact) mass is 295 g/mol. The zero-order valence-electron chi connectivity index (χ0n) is 11.9. The van der Waals surface area contributed by atoms with Gasteiger partial charge < -0.3 is 4.52 Å². The molecule has 20 heavy (non-hydrogen) atoms. The average molecular weight is 295 g/mol. The lowest BCUT2D eigenvalue weighted by atomic mass is 10.1. The second-order valence-electron chi connectivity index (χ2n) is 4.63. The average Bonchev–Trinajstić information content (AvgIpc) is 2.78. The van der Waals surface area contributed by atoms with Gasteiger partial charge in [0.05, 0.1) is 0 Å². The number of hydrogen-bond donors (Lipinski definition) is 0. The first-order valence-electron chi connectivity index (χ1n) is 6.16. The maximum absolute atomic E-state index is 12.7. The molecule has 0 N–H and O–H groups in total. The molecule has 2 aromatic heterocycles. The van der Waals surface area contributed by atoms with Crippen molar-refractivity contribution >= 4 is 10.0 Å². The Hall–Kier alpha value is -1.73. The summed E-state index contributed by atoms with van der Waals surface area (Å²) in [6.45, 7) is 5.04. The van der Waals surface area contributed by atoms with E-state index in [9.17, 15) is 8.42 Å². The fraction of sp³-hybridized carbons (Fsp3) is 0.385. The summed E-state index contributed by atoms with van der Waals surface area (Å²) in [7, 11) is -2.10. The van der Waals surface area contributed by atoms with E-state index in [2.05, 4.69) is 10.1 Å². The maximum atomic E-state index is 12.7. The van der Waals surface area contributed by atoms with Crippen LogP contribution in [0.3, 0.4) is 0 Å². The van der Waals surface area contributed by atoms with Crippen molar-refractivity contribution < 1.29 is 12.9 Å². The molecule has 6 nitrogen and oxygen atoms in total. The highest BCUT2D eigenvalue weighted by molar-refractivity contribution is 7.89. The summed E-state index contributed by atoms with van der Waals surface area (Å²) in [5.41, 5.74) is 1.24. The minimum atomic E-state index is -3.65. The van der Waals surface area contributed by atoms with Gasteiger partial charge in [-0.1, -0.05) is 5.16 Å². The van der Waals surface area contributed by atoms with Gasteiger partial charge in [0.1, 0.15) is 10.6 Å². The van der Waals surface area contributed by atoms with Gasteiger partial charge >= 0.3 is 0 Å². The molecule has 2 heterocycles. The van der Waals surface area contributed by atoms with E-state index >= 15 is 0 Å². The quantitative estimate of drug-likeness (QED) is 0.863. The zero-order valence-corrected chi connectivity index (χ0v) is 12.7. The van der Waals surface area contributed by atoms with Crippen molar-refractivity contribution in [2.75, 3.05) is 7.05 Å². The predicted molar refractivity (Wildman–Crippen MR) is 73.6 cm³/mol. The molecule has 0 aliphatic rings. The van der Waals surface area contributed by atoms with E-state index < -0.39 is 10.0 Å². The van der Waals surface area contributed by atoms with E-state index in [4.69, 9.17) is 4.52 Å². The molecule has 0 saturated carbocycles. The van der Waals surface area contributed by atoms with Gasteiger partial charge in [-0.15, -0.1) is 0 Å². The van der Waals surface area contributed by atoms with Crippen LogP contribution in [-0.4, -0.2) is 29.9 Å². The Bertz CT molecular complexity index is 675. The Morgan fingerprint density at radius 1 is 1.25 bits per heavy atom. The molecule has 0 bridgehead atoms. The van der Waals surface area contributed by atoms with E-state index in [1.807, 2.05) is 6.92 Å². The van der Waals surface area contributed by atoms with Crippen molar-refractivity contribution in [2.45, 2.75) is 31.7 Å². The molecule has 0 amide bonds.